The highest BCUT2D eigenvalue weighted by Gasteiger charge is 2.31. The first kappa shape index (κ1) is 34.5. The summed E-state index contributed by atoms with van der Waals surface area (Å²) in [5.74, 6) is 0.691. The van der Waals surface area contributed by atoms with E-state index in [-0.39, 0.29) is 23.7 Å². The van der Waals surface area contributed by atoms with Crippen LogP contribution < -0.4 is 10.1 Å². The number of nitrogens with one attached hydrogen (secondary N) is 1. The number of terminal acetylenes is 1. The van der Waals surface area contributed by atoms with Crippen LogP contribution in [0.3, 0.4) is 0 Å². The van der Waals surface area contributed by atoms with Crippen LogP contribution in [0.5, 0.6) is 5.75 Å². The molecule has 3 rings (SSSR count). The quantitative estimate of drug-likeness (QED) is 0.302. The second kappa shape index (κ2) is 17.1. The van der Waals surface area contributed by atoms with Gasteiger partial charge in [-0.2, -0.15) is 0 Å². The number of rotatable bonds is 8. The van der Waals surface area contributed by atoms with Crippen LogP contribution in [0, 0.1) is 24.6 Å². The maximum absolute atomic E-state index is 14.8. The Hall–Kier alpha value is -3.46. The molecule has 1 amide bonds. The molecule has 0 bridgehead atoms. The Morgan fingerprint density at radius 2 is 1.79 bits per heavy atom. The fourth-order valence-electron chi connectivity index (χ4n) is 4.70. The van der Waals surface area contributed by atoms with Gasteiger partial charge in [-0.1, -0.05) is 45.9 Å². The van der Waals surface area contributed by atoms with Gasteiger partial charge in [0.1, 0.15) is 24.6 Å². The number of aldehydes is 1. The third-order valence-electron chi connectivity index (χ3n) is 6.63. The zero-order chi connectivity index (χ0) is 29.5. The topological polar surface area (TPSA) is 72.5 Å². The van der Waals surface area contributed by atoms with Crippen molar-refractivity contribution in [3.63, 3.8) is 0 Å². The minimum absolute atomic E-state index is 0.0156. The first-order valence-corrected chi connectivity index (χ1v) is 13.1. The number of halogens is 1. The van der Waals surface area contributed by atoms with Crippen LogP contribution in [-0.4, -0.2) is 32.1 Å². The van der Waals surface area contributed by atoms with Gasteiger partial charge in [0.15, 0.2) is 0 Å². The van der Waals surface area contributed by atoms with Gasteiger partial charge in [0.2, 0.25) is 5.91 Å². The van der Waals surface area contributed by atoms with Crippen LogP contribution in [0.1, 0.15) is 84.3 Å². The van der Waals surface area contributed by atoms with Crippen LogP contribution in [0.2, 0.25) is 0 Å². The summed E-state index contributed by atoms with van der Waals surface area (Å²) in [6.45, 7) is 13.7. The molecule has 6 heteroatoms. The number of carbonyl (C=O) groups excluding carboxylic acids is 3. The molecule has 0 aliphatic heterocycles. The lowest BCUT2D eigenvalue weighted by Crippen LogP contribution is -2.38. The minimum atomic E-state index is -0.754. The molecule has 0 aromatic heterocycles. The zero-order valence-electron chi connectivity index (χ0n) is 24.0. The summed E-state index contributed by atoms with van der Waals surface area (Å²) >= 11 is 0. The van der Waals surface area contributed by atoms with Crippen molar-refractivity contribution in [1.29, 1.82) is 0 Å². The molecule has 5 nitrogen and oxygen atoms in total. The SMILES string of the molecule is C#C.C=O.CC.CNC(=O)C(C)(C)c1ccc(O[C@@H]2CC[C@@H](CC=O)C2)c(-c2cccc(F)c2C(C)C)c1. The van der Waals surface area contributed by atoms with E-state index in [1.54, 1.807) is 13.1 Å². The van der Waals surface area contributed by atoms with Gasteiger partial charge in [-0.25, -0.2) is 4.39 Å². The van der Waals surface area contributed by atoms with Crippen molar-refractivity contribution >= 4 is 19.0 Å². The number of ether oxygens (including phenoxy) is 1. The van der Waals surface area contributed by atoms with E-state index in [0.29, 0.717) is 23.7 Å². The molecule has 0 unspecified atom stereocenters. The summed E-state index contributed by atoms with van der Waals surface area (Å²) < 4.78 is 21.3. The Balaban J connectivity index is 0.00000213. The van der Waals surface area contributed by atoms with Crippen LogP contribution in [0.4, 0.5) is 4.39 Å². The molecule has 2 atom stereocenters. The van der Waals surface area contributed by atoms with E-state index in [0.717, 1.165) is 42.2 Å². The van der Waals surface area contributed by atoms with E-state index in [1.165, 1.54) is 6.07 Å². The summed E-state index contributed by atoms with van der Waals surface area (Å²) in [7, 11) is 1.63. The van der Waals surface area contributed by atoms with Crippen molar-refractivity contribution in [3.05, 3.63) is 53.3 Å². The average molecular weight is 526 g/mol. The Morgan fingerprint density at radius 3 is 2.34 bits per heavy atom. The van der Waals surface area contributed by atoms with E-state index in [1.807, 2.05) is 72.6 Å². The third-order valence-corrected chi connectivity index (χ3v) is 6.63. The van der Waals surface area contributed by atoms with E-state index in [2.05, 4.69) is 18.2 Å². The highest BCUT2D eigenvalue weighted by Crippen LogP contribution is 2.41. The molecule has 208 valence electrons. The van der Waals surface area contributed by atoms with Gasteiger partial charge in [0, 0.05) is 19.0 Å². The van der Waals surface area contributed by atoms with Crippen molar-refractivity contribution in [2.24, 2.45) is 5.92 Å². The second-order valence-electron chi connectivity index (χ2n) is 9.59. The van der Waals surface area contributed by atoms with E-state index < -0.39 is 5.41 Å². The number of benzene rings is 2. The number of amides is 1. The predicted octanol–water partition coefficient (Wildman–Crippen LogP) is 6.87. The Bertz CT molecular complexity index is 1040. The third kappa shape index (κ3) is 8.55. The second-order valence-corrected chi connectivity index (χ2v) is 9.59. The lowest BCUT2D eigenvalue weighted by molar-refractivity contribution is -0.125. The average Bonchev–Trinajstić information content (AvgIpc) is 3.38. The molecule has 0 spiro atoms. The van der Waals surface area contributed by atoms with Crippen LogP contribution in [-0.2, 0) is 19.8 Å². The Morgan fingerprint density at radius 1 is 1.16 bits per heavy atom. The maximum atomic E-state index is 14.8. The van der Waals surface area contributed by atoms with Gasteiger partial charge in [0.25, 0.3) is 0 Å². The van der Waals surface area contributed by atoms with E-state index in [4.69, 9.17) is 9.53 Å². The summed E-state index contributed by atoms with van der Waals surface area (Å²) in [5, 5.41) is 2.73. The van der Waals surface area contributed by atoms with Gasteiger partial charge in [-0.05, 0) is 79.8 Å². The molecule has 0 saturated heterocycles. The summed E-state index contributed by atoms with van der Waals surface area (Å²) in [4.78, 5) is 31.4. The minimum Gasteiger partial charge on any atom is -0.490 e. The molecular formula is C32H44FNO4. The molecule has 0 radical (unpaired) electrons. The highest BCUT2D eigenvalue weighted by molar-refractivity contribution is 5.88. The number of hydrogen-bond acceptors (Lipinski definition) is 4. The molecule has 1 fully saturated rings. The molecule has 1 N–H and O–H groups in total. The van der Waals surface area contributed by atoms with Crippen LogP contribution in [0.15, 0.2) is 36.4 Å². The van der Waals surface area contributed by atoms with Crippen molar-refractivity contribution in [2.75, 3.05) is 7.05 Å². The van der Waals surface area contributed by atoms with Crippen LogP contribution in [0.25, 0.3) is 11.1 Å². The molecule has 0 heterocycles. The van der Waals surface area contributed by atoms with Gasteiger partial charge < -0.3 is 19.6 Å². The molecule has 2 aromatic rings. The molecule has 2 aromatic carbocycles. The van der Waals surface area contributed by atoms with Crippen molar-refractivity contribution in [2.45, 2.75) is 84.7 Å². The smallest absolute Gasteiger partial charge is 0.229 e. The van der Waals surface area contributed by atoms with Gasteiger partial charge in [-0.3, -0.25) is 4.79 Å². The van der Waals surface area contributed by atoms with E-state index >= 15 is 0 Å². The summed E-state index contributed by atoms with van der Waals surface area (Å²) in [5.41, 5.74) is 2.30. The predicted molar refractivity (Wildman–Crippen MR) is 154 cm³/mol. The first-order valence-electron chi connectivity index (χ1n) is 13.1. The lowest BCUT2D eigenvalue weighted by Gasteiger charge is -2.26. The molecule has 1 aliphatic carbocycles. The van der Waals surface area contributed by atoms with Gasteiger partial charge in [-0.15, -0.1) is 12.8 Å². The summed E-state index contributed by atoms with van der Waals surface area (Å²) in [6.07, 6.45) is 12.3. The Labute approximate surface area is 228 Å². The number of hydrogen-bond donors (Lipinski definition) is 1. The highest BCUT2D eigenvalue weighted by atomic mass is 19.1. The first-order chi connectivity index (χ1) is 18.2. The summed E-state index contributed by atoms with van der Waals surface area (Å²) in [6, 6.07) is 10.9. The fourth-order valence-corrected chi connectivity index (χ4v) is 4.70. The zero-order valence-corrected chi connectivity index (χ0v) is 24.0. The monoisotopic (exact) mass is 525 g/mol. The van der Waals surface area contributed by atoms with Gasteiger partial charge >= 0.3 is 0 Å². The molecule has 38 heavy (non-hydrogen) atoms. The number of carbonyl (C=O) groups is 3. The molecular weight excluding hydrogens is 481 g/mol. The molecule has 1 aliphatic rings. The lowest BCUT2D eigenvalue weighted by atomic mass is 9.81. The number of likely N-dealkylation sites (N-methyl/N-ethyl adjacent to an activating group) is 1. The standard InChI is InChI=1S/C27H34FNO3.C2H6.C2H2.CH2O/c1-17(2)25-21(7-6-8-23(25)28)22-16-19(27(3,4)26(31)29-5)10-12-24(22)32-20-11-9-18(15-20)13-14-30;3*1-2/h6-8,10,12,14,16-18,20H,9,11,13,15H2,1-5H3,(H,29,31);1-2H3;1-2H;1H2/t18-,20+;;;/m0.../s1. The van der Waals surface area contributed by atoms with Crippen LogP contribution >= 0.6 is 0 Å². The molecule has 1 saturated carbocycles. The largest absolute Gasteiger partial charge is 0.490 e. The fraction of sp³-hybridized carbons (Fsp3) is 0.469. The Kier molecular flexibility index (Phi) is 15.6. The van der Waals surface area contributed by atoms with Crippen molar-refractivity contribution in [1.82, 2.24) is 5.32 Å². The maximum Gasteiger partial charge on any atom is 0.229 e. The van der Waals surface area contributed by atoms with Crippen molar-refractivity contribution in [3.8, 4) is 29.7 Å². The van der Waals surface area contributed by atoms with Crippen molar-refractivity contribution < 1.29 is 23.5 Å². The van der Waals surface area contributed by atoms with E-state index in [9.17, 15) is 14.0 Å². The normalized spacial score (nSPS) is 16.0. The van der Waals surface area contributed by atoms with Gasteiger partial charge in [0.05, 0.1) is 11.5 Å².